The summed E-state index contributed by atoms with van der Waals surface area (Å²) in [6.07, 6.45) is -4.65. The number of hydrogen-bond donors (Lipinski definition) is 0. The Bertz CT molecular complexity index is 429. The lowest BCUT2D eigenvalue weighted by Crippen LogP contribution is -2.11. The first-order valence-electron chi connectivity index (χ1n) is 3.92. The summed E-state index contributed by atoms with van der Waals surface area (Å²) in [5.41, 5.74) is -1.61. The Morgan fingerprint density at radius 2 is 1.88 bits per heavy atom. The van der Waals surface area contributed by atoms with Crippen molar-refractivity contribution in [2.75, 3.05) is 7.11 Å². The van der Waals surface area contributed by atoms with E-state index in [0.717, 1.165) is 13.2 Å². The maximum atomic E-state index is 12.4. The van der Waals surface area contributed by atoms with Gasteiger partial charge in [0.2, 0.25) is 0 Å². The molecule has 0 fully saturated rings. The highest BCUT2D eigenvalue weighted by molar-refractivity contribution is 6.39. The van der Waals surface area contributed by atoms with Crippen LogP contribution in [0.15, 0.2) is 12.1 Å². The van der Waals surface area contributed by atoms with Crippen LogP contribution in [-0.2, 0) is 10.9 Å². The molecule has 0 aliphatic heterocycles. The molecular formula is C9H5Cl2F3O2. The fourth-order valence-electron chi connectivity index (χ4n) is 1.06. The topological polar surface area (TPSA) is 26.3 Å². The maximum Gasteiger partial charge on any atom is 0.417 e. The van der Waals surface area contributed by atoms with E-state index in [1.54, 1.807) is 0 Å². The van der Waals surface area contributed by atoms with Crippen LogP contribution in [0, 0.1) is 0 Å². The number of hydrogen-bond acceptors (Lipinski definition) is 2. The Hall–Kier alpha value is -0.940. The molecule has 0 N–H and O–H groups in total. The summed E-state index contributed by atoms with van der Waals surface area (Å²) in [6.45, 7) is 0. The molecule has 1 aromatic rings. The van der Waals surface area contributed by atoms with Gasteiger partial charge in [0.1, 0.15) is 0 Å². The van der Waals surface area contributed by atoms with Crippen LogP contribution in [0.5, 0.6) is 0 Å². The molecule has 0 saturated carbocycles. The number of carbonyl (C=O) groups excluding carboxylic acids is 1. The molecule has 0 radical (unpaired) electrons. The summed E-state index contributed by atoms with van der Waals surface area (Å²) in [4.78, 5) is 11.2. The van der Waals surface area contributed by atoms with Crippen LogP contribution in [0.1, 0.15) is 15.9 Å². The Labute approximate surface area is 98.9 Å². The Kier molecular flexibility index (Phi) is 3.70. The van der Waals surface area contributed by atoms with Gasteiger partial charge >= 0.3 is 12.1 Å². The second-order valence-corrected chi connectivity index (χ2v) is 3.56. The fraction of sp³-hybridized carbons (Fsp3) is 0.222. The van der Waals surface area contributed by atoms with Crippen molar-refractivity contribution in [3.63, 3.8) is 0 Å². The van der Waals surface area contributed by atoms with Crippen molar-refractivity contribution in [1.82, 2.24) is 0 Å². The SMILES string of the molecule is COC(=O)c1c(Cl)ccc(C(F)(F)F)c1Cl. The minimum absolute atomic E-state index is 0.190. The molecule has 0 aliphatic carbocycles. The molecule has 0 atom stereocenters. The van der Waals surface area contributed by atoms with E-state index in [-0.39, 0.29) is 5.02 Å². The van der Waals surface area contributed by atoms with Crippen LogP contribution in [0.2, 0.25) is 10.0 Å². The normalized spacial score (nSPS) is 11.4. The quantitative estimate of drug-likeness (QED) is 0.727. The van der Waals surface area contributed by atoms with Crippen molar-refractivity contribution in [1.29, 1.82) is 0 Å². The Morgan fingerprint density at radius 3 is 2.31 bits per heavy atom. The van der Waals surface area contributed by atoms with E-state index in [2.05, 4.69) is 4.74 Å². The van der Waals surface area contributed by atoms with Gasteiger partial charge in [-0.25, -0.2) is 4.79 Å². The zero-order valence-corrected chi connectivity index (χ0v) is 9.37. The predicted molar refractivity (Wildman–Crippen MR) is 52.8 cm³/mol. The van der Waals surface area contributed by atoms with Gasteiger partial charge in [-0.2, -0.15) is 13.2 Å². The molecule has 1 rings (SSSR count). The van der Waals surface area contributed by atoms with Crippen molar-refractivity contribution >= 4 is 29.2 Å². The average Bonchev–Trinajstić information content (AvgIpc) is 2.15. The lowest BCUT2D eigenvalue weighted by molar-refractivity contribution is -0.137. The van der Waals surface area contributed by atoms with Gasteiger partial charge in [0, 0.05) is 0 Å². The third kappa shape index (κ3) is 2.41. The molecule has 88 valence electrons. The summed E-state index contributed by atoms with van der Waals surface area (Å²) in [6, 6.07) is 1.65. The van der Waals surface area contributed by atoms with E-state index in [9.17, 15) is 18.0 Å². The van der Waals surface area contributed by atoms with Gasteiger partial charge in [-0.15, -0.1) is 0 Å². The number of esters is 1. The van der Waals surface area contributed by atoms with E-state index >= 15 is 0 Å². The number of ether oxygens (including phenoxy) is 1. The molecule has 0 aliphatic rings. The molecule has 2 nitrogen and oxygen atoms in total. The monoisotopic (exact) mass is 272 g/mol. The zero-order valence-electron chi connectivity index (χ0n) is 7.86. The smallest absolute Gasteiger partial charge is 0.417 e. The van der Waals surface area contributed by atoms with Crippen LogP contribution < -0.4 is 0 Å². The van der Waals surface area contributed by atoms with Crippen molar-refractivity contribution in [3.8, 4) is 0 Å². The highest BCUT2D eigenvalue weighted by Crippen LogP contribution is 2.38. The van der Waals surface area contributed by atoms with Crippen molar-refractivity contribution in [2.24, 2.45) is 0 Å². The van der Waals surface area contributed by atoms with Gasteiger partial charge in [0.05, 0.1) is 28.3 Å². The molecule has 7 heteroatoms. The largest absolute Gasteiger partial charge is 0.465 e. The minimum atomic E-state index is -4.65. The molecule has 1 aromatic carbocycles. The molecule has 0 heterocycles. The first-order valence-corrected chi connectivity index (χ1v) is 4.68. The molecule has 16 heavy (non-hydrogen) atoms. The standard InChI is InChI=1S/C9H5Cl2F3O2/c1-16-8(15)6-5(10)3-2-4(7(6)11)9(12,13)14/h2-3H,1H3. The molecule has 0 saturated heterocycles. The summed E-state index contributed by atoms with van der Waals surface area (Å²) in [5, 5.41) is -0.947. The van der Waals surface area contributed by atoms with Gasteiger partial charge in [-0.3, -0.25) is 0 Å². The lowest BCUT2D eigenvalue weighted by atomic mass is 10.1. The third-order valence-electron chi connectivity index (χ3n) is 1.79. The van der Waals surface area contributed by atoms with Gasteiger partial charge in [-0.1, -0.05) is 23.2 Å². The first kappa shape index (κ1) is 13.1. The van der Waals surface area contributed by atoms with Crippen LogP contribution in [0.25, 0.3) is 0 Å². The highest BCUT2D eigenvalue weighted by atomic mass is 35.5. The average molecular weight is 273 g/mol. The van der Waals surface area contributed by atoms with Crippen LogP contribution in [-0.4, -0.2) is 13.1 Å². The summed E-state index contributed by atoms with van der Waals surface area (Å²) < 4.78 is 41.6. The second kappa shape index (κ2) is 4.51. The predicted octanol–water partition coefficient (Wildman–Crippen LogP) is 3.80. The van der Waals surface area contributed by atoms with Crippen LogP contribution in [0.4, 0.5) is 13.2 Å². The van der Waals surface area contributed by atoms with E-state index in [1.165, 1.54) is 0 Å². The number of rotatable bonds is 1. The first-order chi connectivity index (χ1) is 7.29. The summed E-state index contributed by atoms with van der Waals surface area (Å²) in [7, 11) is 1.02. The van der Waals surface area contributed by atoms with Crippen molar-refractivity contribution in [3.05, 3.63) is 33.3 Å². The third-order valence-corrected chi connectivity index (χ3v) is 2.49. The number of benzene rings is 1. The van der Waals surface area contributed by atoms with Crippen molar-refractivity contribution in [2.45, 2.75) is 6.18 Å². The molecule has 0 aromatic heterocycles. The van der Waals surface area contributed by atoms with E-state index < -0.39 is 28.3 Å². The van der Waals surface area contributed by atoms with E-state index in [1.807, 2.05) is 0 Å². The van der Waals surface area contributed by atoms with E-state index in [4.69, 9.17) is 23.2 Å². The molecular weight excluding hydrogens is 268 g/mol. The highest BCUT2D eigenvalue weighted by Gasteiger charge is 2.35. The summed E-state index contributed by atoms with van der Waals surface area (Å²) in [5.74, 6) is -1.01. The number of methoxy groups -OCH3 is 1. The molecule has 0 unspecified atom stereocenters. The van der Waals surface area contributed by atoms with Gasteiger partial charge in [-0.05, 0) is 12.1 Å². The molecule has 0 amide bonds. The maximum absolute atomic E-state index is 12.4. The van der Waals surface area contributed by atoms with Gasteiger partial charge in [0.25, 0.3) is 0 Å². The number of carbonyl (C=O) groups is 1. The zero-order chi connectivity index (χ0) is 12.5. The minimum Gasteiger partial charge on any atom is -0.465 e. The second-order valence-electron chi connectivity index (χ2n) is 2.77. The number of alkyl halides is 3. The fourth-order valence-corrected chi connectivity index (χ4v) is 1.69. The Morgan fingerprint density at radius 1 is 1.31 bits per heavy atom. The van der Waals surface area contributed by atoms with Gasteiger partial charge in [0.15, 0.2) is 0 Å². The lowest BCUT2D eigenvalue weighted by Gasteiger charge is -2.12. The summed E-state index contributed by atoms with van der Waals surface area (Å²) >= 11 is 11.0. The molecule has 0 spiro atoms. The molecule has 0 bridgehead atoms. The van der Waals surface area contributed by atoms with Crippen molar-refractivity contribution < 1.29 is 22.7 Å². The van der Waals surface area contributed by atoms with Crippen LogP contribution >= 0.6 is 23.2 Å². The van der Waals surface area contributed by atoms with Crippen LogP contribution in [0.3, 0.4) is 0 Å². The van der Waals surface area contributed by atoms with E-state index in [0.29, 0.717) is 6.07 Å². The van der Waals surface area contributed by atoms with Gasteiger partial charge < -0.3 is 4.74 Å². The number of halogens is 5. The Balaban J connectivity index is 3.45.